The molecule has 1 aliphatic rings. The van der Waals surface area contributed by atoms with Crippen LogP contribution >= 0.6 is 12.2 Å². The van der Waals surface area contributed by atoms with Gasteiger partial charge in [-0.25, -0.2) is 0 Å². The summed E-state index contributed by atoms with van der Waals surface area (Å²) in [7, 11) is 0. The number of morpholine rings is 1. The normalized spacial score (nSPS) is 15.7. The number of nitrogens with zero attached hydrogens (tertiary/aromatic N) is 2. The van der Waals surface area contributed by atoms with Crippen molar-refractivity contribution in [3.05, 3.63) is 29.3 Å². The predicted octanol–water partition coefficient (Wildman–Crippen LogP) is 2.51. The molecule has 1 fully saturated rings. The molecule has 0 amide bonds. The number of ether oxygens (including phenoxy) is 2. The van der Waals surface area contributed by atoms with Crippen molar-refractivity contribution < 1.29 is 18.3 Å². The minimum atomic E-state index is -2.89. The van der Waals surface area contributed by atoms with E-state index in [-0.39, 0.29) is 5.75 Å². The second-order valence-electron chi connectivity index (χ2n) is 6.25. The summed E-state index contributed by atoms with van der Waals surface area (Å²) in [5.74, 6) is 0.0861. The first-order valence-electron chi connectivity index (χ1n) is 8.90. The maximum absolute atomic E-state index is 12.6. The molecule has 1 heterocycles. The lowest BCUT2D eigenvalue weighted by Gasteiger charge is -2.26. The maximum Gasteiger partial charge on any atom is 0.387 e. The molecule has 0 atom stereocenters. The van der Waals surface area contributed by atoms with Gasteiger partial charge < -0.3 is 14.8 Å². The number of rotatable bonds is 8. The first kappa shape index (κ1) is 21.5. The van der Waals surface area contributed by atoms with E-state index < -0.39 is 6.61 Å². The van der Waals surface area contributed by atoms with Gasteiger partial charge in [0.2, 0.25) is 0 Å². The zero-order valence-corrected chi connectivity index (χ0v) is 16.5. The first-order chi connectivity index (χ1) is 13.0. The van der Waals surface area contributed by atoms with E-state index in [4.69, 9.17) is 17.0 Å². The Morgan fingerprint density at radius 2 is 2.11 bits per heavy atom. The van der Waals surface area contributed by atoms with Crippen LogP contribution in [0.4, 0.5) is 8.78 Å². The smallest absolute Gasteiger partial charge is 0.387 e. The van der Waals surface area contributed by atoms with Gasteiger partial charge in [0, 0.05) is 25.2 Å². The molecule has 0 spiro atoms. The Kier molecular flexibility index (Phi) is 8.83. The maximum atomic E-state index is 12.6. The molecule has 6 nitrogen and oxygen atoms in total. The van der Waals surface area contributed by atoms with Gasteiger partial charge in [-0.15, -0.1) is 0 Å². The Morgan fingerprint density at radius 1 is 1.37 bits per heavy atom. The van der Waals surface area contributed by atoms with Gasteiger partial charge in [-0.05, 0) is 51.2 Å². The van der Waals surface area contributed by atoms with Crippen molar-refractivity contribution in [3.8, 4) is 5.75 Å². The summed E-state index contributed by atoms with van der Waals surface area (Å²) in [6.45, 7) is 5.91. The molecule has 0 saturated carbocycles. The van der Waals surface area contributed by atoms with Gasteiger partial charge in [0.05, 0.1) is 18.9 Å². The molecular formula is C18H26F2N4O2S. The molecular weight excluding hydrogens is 374 g/mol. The highest BCUT2D eigenvalue weighted by Crippen LogP contribution is 2.22. The van der Waals surface area contributed by atoms with Crippen molar-refractivity contribution >= 4 is 23.0 Å². The number of alkyl halides is 2. The molecule has 1 aliphatic heterocycles. The Labute approximate surface area is 163 Å². The highest BCUT2D eigenvalue weighted by atomic mass is 32.1. The summed E-state index contributed by atoms with van der Waals surface area (Å²) in [4.78, 5) is 2.35. The largest absolute Gasteiger partial charge is 0.434 e. The number of hydrazone groups is 1. The Morgan fingerprint density at radius 3 is 2.81 bits per heavy atom. The van der Waals surface area contributed by atoms with Crippen molar-refractivity contribution in [2.45, 2.75) is 26.9 Å². The van der Waals surface area contributed by atoms with E-state index in [1.54, 1.807) is 19.1 Å². The first-order valence-corrected chi connectivity index (χ1v) is 9.30. The zero-order chi connectivity index (χ0) is 19.6. The van der Waals surface area contributed by atoms with Crippen molar-refractivity contribution in [1.82, 2.24) is 15.6 Å². The van der Waals surface area contributed by atoms with E-state index in [2.05, 4.69) is 25.5 Å². The number of hydrogen-bond acceptors (Lipinski definition) is 5. The fourth-order valence-corrected chi connectivity index (χ4v) is 2.84. The van der Waals surface area contributed by atoms with E-state index in [0.717, 1.165) is 51.4 Å². The molecule has 0 unspecified atom stereocenters. The second-order valence-corrected chi connectivity index (χ2v) is 6.66. The Balaban J connectivity index is 1.80. The molecule has 150 valence electrons. The van der Waals surface area contributed by atoms with Crippen LogP contribution in [0, 0.1) is 6.92 Å². The fourth-order valence-electron chi connectivity index (χ4n) is 2.69. The minimum Gasteiger partial charge on any atom is -0.434 e. The van der Waals surface area contributed by atoms with Crippen molar-refractivity contribution in [2.75, 3.05) is 39.4 Å². The Bertz CT molecular complexity index is 652. The summed E-state index contributed by atoms with van der Waals surface area (Å²) in [5, 5.41) is 7.66. The molecule has 1 aromatic rings. The third-order valence-electron chi connectivity index (χ3n) is 4.11. The van der Waals surface area contributed by atoms with Crippen molar-refractivity contribution in [2.24, 2.45) is 5.10 Å². The number of benzene rings is 1. The quantitative estimate of drug-likeness (QED) is 0.303. The number of aryl methyl sites for hydroxylation is 1. The lowest BCUT2D eigenvalue weighted by atomic mass is 10.1. The number of thiocarbonyl (C=S) groups is 1. The molecule has 27 heavy (non-hydrogen) atoms. The molecule has 0 aromatic heterocycles. The van der Waals surface area contributed by atoms with Crippen molar-refractivity contribution in [3.63, 3.8) is 0 Å². The van der Waals surface area contributed by atoms with E-state index in [9.17, 15) is 8.78 Å². The molecule has 0 bridgehead atoms. The third-order valence-corrected chi connectivity index (χ3v) is 4.34. The number of nitrogens with one attached hydrogen (secondary N) is 2. The molecule has 0 aliphatic carbocycles. The molecule has 1 saturated heterocycles. The average Bonchev–Trinajstić information content (AvgIpc) is 2.65. The lowest BCUT2D eigenvalue weighted by molar-refractivity contribution is -0.0499. The van der Waals surface area contributed by atoms with Gasteiger partial charge in [-0.2, -0.15) is 13.9 Å². The predicted molar refractivity (Wildman–Crippen MR) is 106 cm³/mol. The topological polar surface area (TPSA) is 58.1 Å². The van der Waals surface area contributed by atoms with Crippen LogP contribution in [-0.2, 0) is 4.74 Å². The summed E-state index contributed by atoms with van der Waals surface area (Å²) < 4.78 is 35.0. The van der Waals surface area contributed by atoms with Crippen LogP contribution in [0.2, 0.25) is 0 Å². The third kappa shape index (κ3) is 7.74. The molecule has 9 heteroatoms. The highest BCUT2D eigenvalue weighted by Gasteiger charge is 2.12. The van der Waals surface area contributed by atoms with Crippen LogP contribution in [-0.4, -0.2) is 61.7 Å². The van der Waals surface area contributed by atoms with Gasteiger partial charge in [-0.1, -0.05) is 11.6 Å². The monoisotopic (exact) mass is 400 g/mol. The summed E-state index contributed by atoms with van der Waals surface area (Å²) in [6, 6.07) is 4.97. The van der Waals surface area contributed by atoms with Gasteiger partial charge >= 0.3 is 6.61 Å². The van der Waals surface area contributed by atoms with Crippen LogP contribution in [0.15, 0.2) is 23.3 Å². The zero-order valence-electron chi connectivity index (χ0n) is 15.6. The van der Waals surface area contributed by atoms with Crippen LogP contribution < -0.4 is 15.5 Å². The van der Waals surface area contributed by atoms with Crippen LogP contribution in [0.3, 0.4) is 0 Å². The van der Waals surface area contributed by atoms with Gasteiger partial charge in [0.15, 0.2) is 5.11 Å². The molecule has 2 N–H and O–H groups in total. The van der Waals surface area contributed by atoms with Gasteiger partial charge in [0.25, 0.3) is 0 Å². The highest BCUT2D eigenvalue weighted by molar-refractivity contribution is 7.80. The lowest BCUT2D eigenvalue weighted by Crippen LogP contribution is -2.39. The van der Waals surface area contributed by atoms with E-state index >= 15 is 0 Å². The number of halogens is 2. The molecule has 2 rings (SSSR count). The number of hydrogen-bond donors (Lipinski definition) is 2. The van der Waals surface area contributed by atoms with Gasteiger partial charge in [0.1, 0.15) is 5.75 Å². The summed E-state index contributed by atoms with van der Waals surface area (Å²) in [5.41, 5.74) is 4.68. The van der Waals surface area contributed by atoms with Crippen molar-refractivity contribution in [1.29, 1.82) is 0 Å². The second kappa shape index (κ2) is 11.1. The molecule has 0 radical (unpaired) electrons. The minimum absolute atomic E-state index is 0.0861. The van der Waals surface area contributed by atoms with Crippen LogP contribution in [0.5, 0.6) is 5.75 Å². The van der Waals surface area contributed by atoms with Crippen LogP contribution in [0.25, 0.3) is 0 Å². The van der Waals surface area contributed by atoms with E-state index in [0.29, 0.717) is 16.4 Å². The average molecular weight is 400 g/mol. The fraction of sp³-hybridized carbons (Fsp3) is 0.556. The standard InChI is InChI=1S/C18H26F2N4O2S/c1-13-4-5-16(26-17(19)20)15(12-13)14(2)22-23-18(27)21-6-3-7-24-8-10-25-11-9-24/h4-5,12,17H,3,6-11H2,1-2H3,(H2,21,23,27)/b22-14-. The summed E-state index contributed by atoms with van der Waals surface area (Å²) >= 11 is 5.21. The summed E-state index contributed by atoms with van der Waals surface area (Å²) in [6.07, 6.45) is 0.953. The van der Waals surface area contributed by atoms with E-state index in [1.807, 2.05) is 6.92 Å². The van der Waals surface area contributed by atoms with E-state index in [1.165, 1.54) is 6.07 Å². The van der Waals surface area contributed by atoms with Gasteiger partial charge in [-0.3, -0.25) is 10.3 Å². The van der Waals surface area contributed by atoms with Crippen LogP contribution in [0.1, 0.15) is 24.5 Å². The SMILES string of the molecule is C/C(=N/NC(=S)NCCCN1CCOCC1)c1cc(C)ccc1OC(F)F. The Hall–Kier alpha value is -1.84. The molecule has 1 aromatic carbocycles.